The van der Waals surface area contributed by atoms with Gasteiger partial charge < -0.3 is 25.8 Å². The number of aliphatic imine (C=N–C) groups is 1. The van der Waals surface area contributed by atoms with Crippen molar-refractivity contribution in [2.24, 2.45) is 16.1 Å². The fraction of sp³-hybridized carbons (Fsp3) is 0.529. The number of ether oxygens (including phenoxy) is 2. The Labute approximate surface area is 165 Å². The molecule has 1 amide bonds. The fourth-order valence-electron chi connectivity index (χ4n) is 2.04. The van der Waals surface area contributed by atoms with Crippen LogP contribution in [-0.2, 0) is 4.79 Å². The zero-order chi connectivity index (χ0) is 17.6. The van der Waals surface area contributed by atoms with Crippen molar-refractivity contribution >= 4 is 41.5 Å². The van der Waals surface area contributed by atoms with Crippen LogP contribution in [-0.4, -0.2) is 38.2 Å². The molecule has 0 atom stereocenters. The second-order valence-electron chi connectivity index (χ2n) is 6.61. The van der Waals surface area contributed by atoms with Crippen LogP contribution in [0.1, 0.15) is 27.2 Å². The van der Waals surface area contributed by atoms with Gasteiger partial charge in [-0.05, 0) is 12.1 Å². The third-order valence-corrected chi connectivity index (χ3v) is 3.38. The number of hydrogen-bond acceptors (Lipinski definition) is 4. The molecule has 4 N–H and O–H groups in total. The van der Waals surface area contributed by atoms with Crippen molar-refractivity contribution in [3.63, 3.8) is 0 Å². The van der Waals surface area contributed by atoms with Gasteiger partial charge in [0.15, 0.2) is 17.5 Å². The number of halogens is 1. The lowest BCUT2D eigenvalue weighted by Crippen LogP contribution is -2.36. The standard InChI is InChI=1S/C17H26N4O3.HI/c1-17(2,3)15(22)19-7-8-20-16(18)21-12-5-6-13-14(11-12)24-10-4-9-23-13;/h5-6,11H,4,7-10H2,1-3H3,(H,19,22)(H3,18,20,21);1H. The van der Waals surface area contributed by atoms with Crippen molar-refractivity contribution in [2.75, 3.05) is 31.6 Å². The second kappa shape index (κ2) is 9.69. The number of benzene rings is 1. The molecule has 0 aromatic heterocycles. The first-order valence-electron chi connectivity index (χ1n) is 8.11. The maximum atomic E-state index is 11.7. The summed E-state index contributed by atoms with van der Waals surface area (Å²) < 4.78 is 11.2. The largest absolute Gasteiger partial charge is 0.490 e. The average molecular weight is 462 g/mol. The monoisotopic (exact) mass is 462 g/mol. The van der Waals surface area contributed by atoms with Crippen molar-refractivity contribution in [3.05, 3.63) is 18.2 Å². The van der Waals surface area contributed by atoms with E-state index in [4.69, 9.17) is 15.2 Å². The van der Waals surface area contributed by atoms with Gasteiger partial charge in [-0.25, -0.2) is 0 Å². The first-order valence-corrected chi connectivity index (χ1v) is 8.11. The molecule has 1 heterocycles. The highest BCUT2D eigenvalue weighted by Crippen LogP contribution is 2.32. The maximum absolute atomic E-state index is 11.7. The Morgan fingerprint density at radius 2 is 1.92 bits per heavy atom. The normalized spacial score (nSPS) is 14.1. The van der Waals surface area contributed by atoms with E-state index >= 15 is 0 Å². The molecule has 0 fully saturated rings. The van der Waals surface area contributed by atoms with Crippen LogP contribution in [0.2, 0.25) is 0 Å². The summed E-state index contributed by atoms with van der Waals surface area (Å²) in [4.78, 5) is 15.9. The quantitative estimate of drug-likeness (QED) is 0.276. The smallest absolute Gasteiger partial charge is 0.225 e. The van der Waals surface area contributed by atoms with E-state index in [2.05, 4.69) is 15.6 Å². The van der Waals surface area contributed by atoms with Crippen LogP contribution in [0.25, 0.3) is 0 Å². The highest BCUT2D eigenvalue weighted by atomic mass is 127. The third kappa shape index (κ3) is 6.97. The molecular formula is C17H27IN4O3. The molecule has 0 saturated carbocycles. The van der Waals surface area contributed by atoms with E-state index in [0.29, 0.717) is 32.1 Å². The molecule has 1 aliphatic rings. The second-order valence-corrected chi connectivity index (χ2v) is 6.61. The number of rotatable bonds is 4. The summed E-state index contributed by atoms with van der Waals surface area (Å²) in [5.74, 6) is 1.71. The molecule has 8 heteroatoms. The van der Waals surface area contributed by atoms with Crippen LogP contribution in [0.4, 0.5) is 5.69 Å². The van der Waals surface area contributed by atoms with Crippen LogP contribution in [0, 0.1) is 5.41 Å². The molecule has 0 saturated heterocycles. The fourth-order valence-corrected chi connectivity index (χ4v) is 2.04. The molecule has 1 aromatic rings. The van der Waals surface area contributed by atoms with Crippen LogP contribution in [0.15, 0.2) is 23.2 Å². The van der Waals surface area contributed by atoms with Crippen molar-refractivity contribution in [1.29, 1.82) is 0 Å². The zero-order valence-corrected chi connectivity index (χ0v) is 17.3. The number of nitrogens with zero attached hydrogens (tertiary/aromatic N) is 1. The van der Waals surface area contributed by atoms with E-state index in [9.17, 15) is 4.79 Å². The Balaban J connectivity index is 0.00000312. The highest BCUT2D eigenvalue weighted by molar-refractivity contribution is 14.0. The number of nitrogens with two attached hydrogens (primary N) is 1. The summed E-state index contributed by atoms with van der Waals surface area (Å²) in [6.07, 6.45) is 0.862. The Kier molecular flexibility index (Phi) is 8.27. The SMILES string of the molecule is CC(C)(C)C(=O)NCCN=C(N)Nc1ccc2c(c1)OCCCO2.I. The molecule has 25 heavy (non-hydrogen) atoms. The Morgan fingerprint density at radius 3 is 2.60 bits per heavy atom. The van der Waals surface area contributed by atoms with Gasteiger partial charge in [0.2, 0.25) is 5.91 Å². The van der Waals surface area contributed by atoms with Crippen LogP contribution in [0.5, 0.6) is 11.5 Å². The van der Waals surface area contributed by atoms with Crippen molar-refractivity contribution < 1.29 is 14.3 Å². The van der Waals surface area contributed by atoms with Crippen molar-refractivity contribution in [1.82, 2.24) is 5.32 Å². The summed E-state index contributed by atoms with van der Waals surface area (Å²) in [6, 6.07) is 5.54. The maximum Gasteiger partial charge on any atom is 0.225 e. The number of nitrogens with one attached hydrogen (secondary N) is 2. The summed E-state index contributed by atoms with van der Waals surface area (Å²) in [5.41, 5.74) is 6.24. The van der Waals surface area contributed by atoms with Gasteiger partial charge in [-0.15, -0.1) is 24.0 Å². The topological polar surface area (TPSA) is 98.0 Å². The molecule has 0 spiro atoms. The van der Waals surface area contributed by atoms with Crippen molar-refractivity contribution in [2.45, 2.75) is 27.2 Å². The van der Waals surface area contributed by atoms with Gasteiger partial charge in [-0.3, -0.25) is 9.79 Å². The average Bonchev–Trinajstić information content (AvgIpc) is 2.75. The highest BCUT2D eigenvalue weighted by Gasteiger charge is 2.20. The number of anilines is 1. The van der Waals surface area contributed by atoms with E-state index in [1.54, 1.807) is 0 Å². The lowest BCUT2D eigenvalue weighted by Gasteiger charge is -2.17. The van der Waals surface area contributed by atoms with Crippen LogP contribution in [0.3, 0.4) is 0 Å². The van der Waals surface area contributed by atoms with Crippen LogP contribution < -0.4 is 25.8 Å². The number of fused-ring (bicyclic) bond motifs is 1. The molecule has 0 bridgehead atoms. The minimum Gasteiger partial charge on any atom is -0.490 e. The molecule has 0 radical (unpaired) electrons. The minimum absolute atomic E-state index is 0. The van der Waals surface area contributed by atoms with Gasteiger partial charge in [0.1, 0.15) is 0 Å². The summed E-state index contributed by atoms with van der Waals surface area (Å²) in [5, 5.41) is 5.83. The molecule has 1 aliphatic heterocycles. The van der Waals surface area contributed by atoms with Gasteiger partial charge in [0.25, 0.3) is 0 Å². The molecule has 0 aliphatic carbocycles. The zero-order valence-electron chi connectivity index (χ0n) is 14.9. The van der Waals surface area contributed by atoms with E-state index in [0.717, 1.165) is 17.9 Å². The molecule has 1 aromatic carbocycles. The van der Waals surface area contributed by atoms with Gasteiger partial charge in [0.05, 0.1) is 19.8 Å². The molecule has 140 valence electrons. The lowest BCUT2D eigenvalue weighted by atomic mass is 9.96. The van der Waals surface area contributed by atoms with E-state index in [-0.39, 0.29) is 35.8 Å². The number of carbonyl (C=O) groups is 1. The van der Waals surface area contributed by atoms with Crippen LogP contribution >= 0.6 is 24.0 Å². The Hall–Kier alpha value is -1.71. The number of amides is 1. The minimum atomic E-state index is -0.405. The first kappa shape index (κ1) is 21.3. The third-order valence-electron chi connectivity index (χ3n) is 3.38. The Morgan fingerprint density at radius 1 is 1.24 bits per heavy atom. The lowest BCUT2D eigenvalue weighted by molar-refractivity contribution is -0.128. The molecule has 2 rings (SSSR count). The van der Waals surface area contributed by atoms with E-state index < -0.39 is 5.41 Å². The van der Waals surface area contributed by atoms with Gasteiger partial charge in [-0.1, -0.05) is 20.8 Å². The number of carbonyl (C=O) groups excluding carboxylic acids is 1. The summed E-state index contributed by atoms with van der Waals surface area (Å²) in [7, 11) is 0. The summed E-state index contributed by atoms with van der Waals surface area (Å²) in [6.45, 7) is 7.74. The van der Waals surface area contributed by atoms with Gasteiger partial charge >= 0.3 is 0 Å². The molecule has 0 unspecified atom stereocenters. The summed E-state index contributed by atoms with van der Waals surface area (Å²) >= 11 is 0. The van der Waals surface area contributed by atoms with Crippen molar-refractivity contribution in [3.8, 4) is 11.5 Å². The molecular weight excluding hydrogens is 435 g/mol. The number of hydrogen-bond donors (Lipinski definition) is 3. The predicted molar refractivity (Wildman–Crippen MR) is 110 cm³/mol. The van der Waals surface area contributed by atoms with Gasteiger partial charge in [0, 0.05) is 30.1 Å². The van der Waals surface area contributed by atoms with E-state index in [1.165, 1.54) is 0 Å². The van der Waals surface area contributed by atoms with Gasteiger partial charge in [-0.2, -0.15) is 0 Å². The first-order chi connectivity index (χ1) is 11.4. The van der Waals surface area contributed by atoms with E-state index in [1.807, 2.05) is 39.0 Å². The molecule has 7 nitrogen and oxygen atoms in total. The predicted octanol–water partition coefficient (Wildman–Crippen LogP) is 2.35. The number of guanidine groups is 1. The Bertz CT molecular complexity index is 614.